The SMILES string of the molecule is CCCCc1nc2ccc(NCC(=O)OCC)cc2n1Cc1ccc(-c2ccccc2)c(C(=O)O)c1. The van der Waals surface area contributed by atoms with Gasteiger partial charge in [-0.15, -0.1) is 0 Å². The van der Waals surface area contributed by atoms with Crippen LogP contribution >= 0.6 is 0 Å². The number of nitrogens with zero attached hydrogens (tertiary/aromatic N) is 2. The van der Waals surface area contributed by atoms with Gasteiger partial charge in [0.05, 0.1) is 23.2 Å². The molecule has 1 heterocycles. The summed E-state index contributed by atoms with van der Waals surface area (Å²) in [6.45, 7) is 4.84. The Morgan fingerprint density at radius 2 is 1.83 bits per heavy atom. The lowest BCUT2D eigenvalue weighted by atomic mass is 9.97. The van der Waals surface area contributed by atoms with Gasteiger partial charge in [-0.25, -0.2) is 9.78 Å². The fourth-order valence-corrected chi connectivity index (χ4v) is 4.29. The molecule has 0 unspecified atom stereocenters. The number of carbonyl (C=O) groups excluding carboxylic acids is 1. The van der Waals surface area contributed by atoms with Crippen LogP contribution < -0.4 is 5.32 Å². The van der Waals surface area contributed by atoms with Crippen molar-refractivity contribution < 1.29 is 19.4 Å². The minimum Gasteiger partial charge on any atom is -0.478 e. The van der Waals surface area contributed by atoms with Crippen molar-refractivity contribution in [3.8, 4) is 11.1 Å². The van der Waals surface area contributed by atoms with Crippen molar-refractivity contribution >= 4 is 28.7 Å². The van der Waals surface area contributed by atoms with Crippen molar-refractivity contribution in [1.29, 1.82) is 0 Å². The van der Waals surface area contributed by atoms with Crippen LogP contribution in [0.3, 0.4) is 0 Å². The van der Waals surface area contributed by atoms with E-state index < -0.39 is 5.97 Å². The van der Waals surface area contributed by atoms with E-state index in [2.05, 4.69) is 16.8 Å². The number of benzene rings is 3. The molecule has 2 N–H and O–H groups in total. The van der Waals surface area contributed by atoms with Gasteiger partial charge < -0.3 is 19.7 Å². The summed E-state index contributed by atoms with van der Waals surface area (Å²) in [6.07, 6.45) is 2.87. The number of unbranched alkanes of at least 4 members (excludes halogenated alkanes) is 1. The molecule has 186 valence electrons. The standard InChI is InChI=1S/C29H31N3O4/c1-3-5-11-27-31-25-15-13-22(30-18-28(33)36-4-2)17-26(25)32(27)19-20-12-14-23(24(16-20)29(34)35)21-9-7-6-8-10-21/h6-10,12-17,30H,3-5,11,18-19H2,1-2H3,(H,34,35). The van der Waals surface area contributed by atoms with E-state index in [1.54, 1.807) is 13.0 Å². The zero-order chi connectivity index (χ0) is 25.5. The number of hydrogen-bond donors (Lipinski definition) is 2. The molecule has 0 radical (unpaired) electrons. The molecule has 0 aliphatic carbocycles. The van der Waals surface area contributed by atoms with Crippen molar-refractivity contribution in [2.75, 3.05) is 18.5 Å². The summed E-state index contributed by atoms with van der Waals surface area (Å²) in [6, 6.07) is 21.0. The molecule has 1 aromatic heterocycles. The monoisotopic (exact) mass is 485 g/mol. The smallest absolute Gasteiger partial charge is 0.336 e. The molecule has 0 spiro atoms. The number of aryl methyl sites for hydroxylation is 1. The van der Waals surface area contributed by atoms with Crippen LogP contribution in [0.1, 0.15) is 48.4 Å². The van der Waals surface area contributed by atoms with Crippen molar-refractivity contribution in [2.24, 2.45) is 0 Å². The highest BCUT2D eigenvalue weighted by molar-refractivity contribution is 5.96. The normalized spacial score (nSPS) is 10.9. The first-order valence-corrected chi connectivity index (χ1v) is 12.3. The number of aromatic carboxylic acids is 1. The maximum atomic E-state index is 12.1. The quantitative estimate of drug-likeness (QED) is 0.262. The first-order valence-electron chi connectivity index (χ1n) is 12.3. The van der Waals surface area contributed by atoms with Gasteiger partial charge in [0.2, 0.25) is 0 Å². The second kappa shape index (κ2) is 11.5. The molecular formula is C29H31N3O4. The Hall–Kier alpha value is -4.13. The molecule has 4 rings (SSSR count). The number of fused-ring (bicyclic) bond motifs is 1. The number of carbonyl (C=O) groups is 2. The Bertz CT molecular complexity index is 1360. The predicted molar refractivity (Wildman–Crippen MR) is 141 cm³/mol. The topological polar surface area (TPSA) is 93.5 Å². The summed E-state index contributed by atoms with van der Waals surface area (Å²) in [5.74, 6) is -0.310. The van der Waals surface area contributed by atoms with Crippen molar-refractivity contribution in [2.45, 2.75) is 39.7 Å². The number of esters is 1. The lowest BCUT2D eigenvalue weighted by Gasteiger charge is -2.13. The molecule has 3 aromatic carbocycles. The average Bonchev–Trinajstić information content (AvgIpc) is 3.23. The van der Waals surface area contributed by atoms with Crippen LogP contribution in [-0.4, -0.2) is 39.7 Å². The summed E-state index contributed by atoms with van der Waals surface area (Å²) >= 11 is 0. The van der Waals surface area contributed by atoms with E-state index in [9.17, 15) is 14.7 Å². The highest BCUT2D eigenvalue weighted by atomic mass is 16.5. The highest BCUT2D eigenvalue weighted by Crippen LogP contribution is 2.27. The van der Waals surface area contributed by atoms with Gasteiger partial charge in [0.25, 0.3) is 0 Å². The van der Waals surface area contributed by atoms with Gasteiger partial charge in [-0.05, 0) is 54.3 Å². The van der Waals surface area contributed by atoms with E-state index in [1.165, 1.54) is 0 Å². The Balaban J connectivity index is 1.70. The average molecular weight is 486 g/mol. The van der Waals surface area contributed by atoms with Gasteiger partial charge >= 0.3 is 11.9 Å². The third-order valence-electron chi connectivity index (χ3n) is 6.06. The molecule has 0 fully saturated rings. The van der Waals surface area contributed by atoms with E-state index in [-0.39, 0.29) is 18.1 Å². The first-order chi connectivity index (χ1) is 17.5. The van der Waals surface area contributed by atoms with E-state index in [0.717, 1.165) is 52.9 Å². The van der Waals surface area contributed by atoms with E-state index in [1.807, 2.05) is 60.7 Å². The first kappa shape index (κ1) is 25.0. The van der Waals surface area contributed by atoms with Crippen molar-refractivity contribution in [3.05, 3.63) is 83.7 Å². The van der Waals surface area contributed by atoms with Crippen LogP contribution in [0.2, 0.25) is 0 Å². The van der Waals surface area contributed by atoms with Gasteiger partial charge in [0.1, 0.15) is 12.4 Å². The molecule has 0 atom stereocenters. The number of nitrogens with one attached hydrogen (secondary N) is 1. The maximum Gasteiger partial charge on any atom is 0.336 e. The van der Waals surface area contributed by atoms with Crippen molar-refractivity contribution in [3.63, 3.8) is 0 Å². The molecule has 0 aliphatic rings. The molecule has 4 aromatic rings. The van der Waals surface area contributed by atoms with Gasteiger partial charge in [-0.1, -0.05) is 55.8 Å². The third kappa shape index (κ3) is 5.74. The van der Waals surface area contributed by atoms with E-state index >= 15 is 0 Å². The largest absolute Gasteiger partial charge is 0.478 e. The number of carboxylic acids is 1. The number of anilines is 1. The summed E-state index contributed by atoms with van der Waals surface area (Å²) in [5, 5.41) is 13.1. The lowest BCUT2D eigenvalue weighted by Crippen LogP contribution is -2.16. The second-order valence-corrected chi connectivity index (χ2v) is 8.63. The minimum atomic E-state index is -0.956. The number of aromatic nitrogens is 2. The summed E-state index contributed by atoms with van der Waals surface area (Å²) < 4.78 is 7.15. The fraction of sp³-hybridized carbons (Fsp3) is 0.276. The Kier molecular flexibility index (Phi) is 8.00. The molecule has 0 bridgehead atoms. The summed E-state index contributed by atoms with van der Waals surface area (Å²) in [5.41, 5.74) is 5.31. The predicted octanol–water partition coefficient (Wildman–Crippen LogP) is 5.77. The van der Waals surface area contributed by atoms with Crippen LogP contribution in [0.25, 0.3) is 22.2 Å². The van der Waals surface area contributed by atoms with Gasteiger partial charge in [-0.2, -0.15) is 0 Å². The van der Waals surface area contributed by atoms with Crippen LogP contribution in [0, 0.1) is 0 Å². The van der Waals surface area contributed by atoms with Crippen molar-refractivity contribution in [1.82, 2.24) is 9.55 Å². The molecular weight excluding hydrogens is 454 g/mol. The van der Waals surface area contributed by atoms with Gasteiger partial charge in [-0.3, -0.25) is 4.79 Å². The highest BCUT2D eigenvalue weighted by Gasteiger charge is 2.16. The van der Waals surface area contributed by atoms with Crippen LogP contribution in [0.5, 0.6) is 0 Å². The molecule has 0 saturated carbocycles. The molecule has 7 nitrogen and oxygen atoms in total. The van der Waals surface area contributed by atoms with Crippen LogP contribution in [-0.2, 0) is 22.5 Å². The molecule has 0 amide bonds. The minimum absolute atomic E-state index is 0.0824. The Morgan fingerprint density at radius 1 is 1.03 bits per heavy atom. The zero-order valence-corrected chi connectivity index (χ0v) is 20.7. The molecule has 36 heavy (non-hydrogen) atoms. The number of hydrogen-bond acceptors (Lipinski definition) is 5. The number of carboxylic acid groups (broad SMARTS) is 1. The lowest BCUT2D eigenvalue weighted by molar-refractivity contribution is -0.140. The van der Waals surface area contributed by atoms with Crippen LogP contribution in [0.15, 0.2) is 66.7 Å². The number of imidazole rings is 1. The second-order valence-electron chi connectivity index (χ2n) is 8.63. The Labute approximate surface area is 210 Å². The maximum absolute atomic E-state index is 12.1. The summed E-state index contributed by atoms with van der Waals surface area (Å²) in [4.78, 5) is 28.8. The van der Waals surface area contributed by atoms with E-state index in [0.29, 0.717) is 18.7 Å². The third-order valence-corrected chi connectivity index (χ3v) is 6.06. The Morgan fingerprint density at radius 3 is 2.56 bits per heavy atom. The molecule has 0 aliphatic heterocycles. The zero-order valence-electron chi connectivity index (χ0n) is 20.7. The van der Waals surface area contributed by atoms with E-state index in [4.69, 9.17) is 9.72 Å². The fourth-order valence-electron chi connectivity index (χ4n) is 4.29. The molecule has 0 saturated heterocycles. The number of rotatable bonds is 11. The van der Waals surface area contributed by atoms with Crippen LogP contribution in [0.4, 0.5) is 5.69 Å². The summed E-state index contributed by atoms with van der Waals surface area (Å²) in [7, 11) is 0. The van der Waals surface area contributed by atoms with Gasteiger partial charge in [0.15, 0.2) is 0 Å². The van der Waals surface area contributed by atoms with Gasteiger partial charge in [0, 0.05) is 18.7 Å². The molecule has 7 heteroatoms. The number of ether oxygens (including phenoxy) is 1.